The van der Waals surface area contributed by atoms with E-state index in [1.807, 2.05) is 67.4 Å². The summed E-state index contributed by atoms with van der Waals surface area (Å²) in [7, 11) is 5.63. The van der Waals surface area contributed by atoms with Crippen molar-refractivity contribution in [3.8, 4) is 22.8 Å². The molecule has 2 N–H and O–H groups in total. The van der Waals surface area contributed by atoms with E-state index in [4.69, 9.17) is 20.2 Å². The van der Waals surface area contributed by atoms with Crippen LogP contribution in [0.3, 0.4) is 0 Å². The zero-order valence-corrected chi connectivity index (χ0v) is 17.9. The number of hydrogen-bond donors (Lipinski definition) is 1. The molecule has 31 heavy (non-hydrogen) atoms. The standard InChI is InChI=1S/C23H26N6O2/c1-28(2)10-11-31-22-14-21(30-3)16(12-18(22)24)13-23-25-8-7-19(27-23)17-15-26-29-9-5-4-6-20(17)29/h4-9,12,14-15H,10-11,13,24H2,1-3H3. The molecule has 0 bridgehead atoms. The fourth-order valence-corrected chi connectivity index (χ4v) is 3.35. The lowest BCUT2D eigenvalue weighted by Crippen LogP contribution is -2.19. The normalized spacial score (nSPS) is 11.2. The van der Waals surface area contributed by atoms with Gasteiger partial charge in [0, 0.05) is 42.6 Å². The maximum Gasteiger partial charge on any atom is 0.145 e. The SMILES string of the molecule is COc1cc(OCCN(C)C)c(N)cc1Cc1nccc(-c2cnn3ccccc23)n1. The minimum absolute atomic E-state index is 0.485. The van der Waals surface area contributed by atoms with Crippen LogP contribution in [0.5, 0.6) is 11.5 Å². The molecule has 0 saturated carbocycles. The van der Waals surface area contributed by atoms with Crippen molar-refractivity contribution in [2.24, 2.45) is 0 Å². The molecule has 0 unspecified atom stereocenters. The second-order valence-electron chi connectivity index (χ2n) is 7.48. The van der Waals surface area contributed by atoms with Crippen LogP contribution in [0.15, 0.2) is 55.0 Å². The predicted octanol–water partition coefficient (Wildman–Crippen LogP) is 2.91. The zero-order valence-electron chi connectivity index (χ0n) is 17.9. The summed E-state index contributed by atoms with van der Waals surface area (Å²) >= 11 is 0. The van der Waals surface area contributed by atoms with Crippen LogP contribution >= 0.6 is 0 Å². The zero-order chi connectivity index (χ0) is 21.8. The van der Waals surface area contributed by atoms with E-state index in [0.29, 0.717) is 36.0 Å². The van der Waals surface area contributed by atoms with Crippen molar-refractivity contribution in [3.63, 3.8) is 0 Å². The van der Waals surface area contributed by atoms with Crippen LogP contribution in [-0.2, 0) is 6.42 Å². The molecule has 3 heterocycles. The van der Waals surface area contributed by atoms with Gasteiger partial charge in [0.15, 0.2) is 0 Å². The summed E-state index contributed by atoms with van der Waals surface area (Å²) in [5, 5.41) is 4.40. The Labute approximate surface area is 181 Å². The number of anilines is 1. The number of nitrogens with two attached hydrogens (primary N) is 1. The lowest BCUT2D eigenvalue weighted by molar-refractivity contribution is 0.261. The Morgan fingerprint density at radius 3 is 2.81 bits per heavy atom. The number of aromatic nitrogens is 4. The van der Waals surface area contributed by atoms with Crippen molar-refractivity contribution in [2.75, 3.05) is 40.1 Å². The highest BCUT2D eigenvalue weighted by Gasteiger charge is 2.14. The summed E-state index contributed by atoms with van der Waals surface area (Å²) < 4.78 is 13.2. The average Bonchev–Trinajstić information content (AvgIpc) is 3.19. The number of ether oxygens (including phenoxy) is 2. The minimum atomic E-state index is 0.485. The molecule has 0 atom stereocenters. The Hall–Kier alpha value is -3.65. The maximum atomic E-state index is 6.24. The summed E-state index contributed by atoms with van der Waals surface area (Å²) in [4.78, 5) is 11.3. The summed E-state index contributed by atoms with van der Waals surface area (Å²) in [6.45, 7) is 1.35. The lowest BCUT2D eigenvalue weighted by atomic mass is 10.1. The number of hydrogen-bond acceptors (Lipinski definition) is 7. The van der Waals surface area contributed by atoms with E-state index in [0.717, 1.165) is 28.9 Å². The third-order valence-electron chi connectivity index (χ3n) is 4.97. The molecule has 8 heteroatoms. The molecule has 1 aromatic carbocycles. The van der Waals surface area contributed by atoms with Gasteiger partial charge in [0.2, 0.25) is 0 Å². The van der Waals surface area contributed by atoms with Gasteiger partial charge >= 0.3 is 0 Å². The first-order valence-corrected chi connectivity index (χ1v) is 10.0. The van der Waals surface area contributed by atoms with Crippen molar-refractivity contribution in [1.82, 2.24) is 24.5 Å². The summed E-state index contributed by atoms with van der Waals surface area (Å²) in [6.07, 6.45) is 5.98. The number of rotatable bonds is 8. The largest absolute Gasteiger partial charge is 0.496 e. The highest BCUT2D eigenvalue weighted by atomic mass is 16.5. The minimum Gasteiger partial charge on any atom is -0.496 e. The molecule has 3 aromatic heterocycles. The molecule has 0 aliphatic heterocycles. The maximum absolute atomic E-state index is 6.24. The third-order valence-corrected chi connectivity index (χ3v) is 4.97. The van der Waals surface area contributed by atoms with Gasteiger partial charge in [-0.1, -0.05) is 6.07 Å². The van der Waals surface area contributed by atoms with Crippen molar-refractivity contribution in [3.05, 3.63) is 66.4 Å². The number of benzene rings is 1. The van der Waals surface area contributed by atoms with Gasteiger partial charge in [0.1, 0.15) is 23.9 Å². The van der Waals surface area contributed by atoms with Crippen LogP contribution in [0.2, 0.25) is 0 Å². The number of methoxy groups -OCH3 is 1. The third kappa shape index (κ3) is 4.59. The highest BCUT2D eigenvalue weighted by Crippen LogP contribution is 2.32. The molecule has 0 saturated heterocycles. The van der Waals surface area contributed by atoms with E-state index in [1.165, 1.54) is 0 Å². The highest BCUT2D eigenvalue weighted by molar-refractivity contribution is 5.77. The van der Waals surface area contributed by atoms with Gasteiger partial charge in [0.25, 0.3) is 0 Å². The van der Waals surface area contributed by atoms with E-state index in [-0.39, 0.29) is 0 Å². The van der Waals surface area contributed by atoms with Crippen LogP contribution in [0.1, 0.15) is 11.4 Å². The quantitative estimate of drug-likeness (QED) is 0.440. The lowest BCUT2D eigenvalue weighted by Gasteiger charge is -2.15. The molecule has 4 rings (SSSR count). The van der Waals surface area contributed by atoms with Gasteiger partial charge in [-0.25, -0.2) is 14.5 Å². The fraction of sp³-hybridized carbons (Fsp3) is 0.261. The van der Waals surface area contributed by atoms with E-state index >= 15 is 0 Å². The number of nitrogen functional groups attached to an aromatic ring is 1. The van der Waals surface area contributed by atoms with Crippen molar-refractivity contribution in [1.29, 1.82) is 0 Å². The van der Waals surface area contributed by atoms with E-state index in [2.05, 4.69) is 15.0 Å². The monoisotopic (exact) mass is 418 g/mol. The molecule has 0 fully saturated rings. The molecule has 8 nitrogen and oxygen atoms in total. The van der Waals surface area contributed by atoms with Gasteiger partial charge < -0.3 is 20.1 Å². The number of likely N-dealkylation sites (N-methyl/N-ethyl adjacent to an activating group) is 1. The van der Waals surface area contributed by atoms with Gasteiger partial charge in [-0.2, -0.15) is 5.10 Å². The molecule has 4 aromatic rings. The first-order chi connectivity index (χ1) is 15.0. The number of nitrogens with zero attached hydrogens (tertiary/aromatic N) is 5. The van der Waals surface area contributed by atoms with E-state index in [1.54, 1.807) is 13.3 Å². The first-order valence-electron chi connectivity index (χ1n) is 10.0. The Morgan fingerprint density at radius 2 is 2.00 bits per heavy atom. The molecule has 0 aliphatic rings. The molecule has 0 aliphatic carbocycles. The molecule has 160 valence electrons. The Balaban J connectivity index is 1.59. The Kier molecular flexibility index (Phi) is 5.99. The summed E-state index contributed by atoms with van der Waals surface area (Å²) in [5.41, 5.74) is 10.5. The molecule has 0 amide bonds. The van der Waals surface area contributed by atoms with Gasteiger partial charge in [-0.3, -0.25) is 0 Å². The van der Waals surface area contributed by atoms with Crippen LogP contribution in [0.4, 0.5) is 5.69 Å². The molecule has 0 spiro atoms. The second-order valence-corrected chi connectivity index (χ2v) is 7.48. The summed E-state index contributed by atoms with van der Waals surface area (Å²) in [5.74, 6) is 1.98. The Bertz CT molecular complexity index is 1190. The smallest absolute Gasteiger partial charge is 0.145 e. The second kappa shape index (κ2) is 9.01. The predicted molar refractivity (Wildman–Crippen MR) is 120 cm³/mol. The van der Waals surface area contributed by atoms with Gasteiger partial charge in [-0.05, 0) is 38.4 Å². The number of pyridine rings is 1. The van der Waals surface area contributed by atoms with E-state index < -0.39 is 0 Å². The Morgan fingerprint density at radius 1 is 1.13 bits per heavy atom. The van der Waals surface area contributed by atoms with Crippen LogP contribution < -0.4 is 15.2 Å². The van der Waals surface area contributed by atoms with Gasteiger partial charge in [0.05, 0.1) is 30.2 Å². The number of fused-ring (bicyclic) bond motifs is 1. The van der Waals surface area contributed by atoms with Crippen LogP contribution in [0.25, 0.3) is 16.8 Å². The summed E-state index contributed by atoms with van der Waals surface area (Å²) in [6, 6.07) is 11.5. The van der Waals surface area contributed by atoms with Crippen molar-refractivity contribution in [2.45, 2.75) is 6.42 Å². The topological polar surface area (TPSA) is 90.8 Å². The van der Waals surface area contributed by atoms with Crippen LogP contribution in [0, 0.1) is 0 Å². The van der Waals surface area contributed by atoms with E-state index in [9.17, 15) is 0 Å². The van der Waals surface area contributed by atoms with Crippen molar-refractivity contribution >= 4 is 11.2 Å². The molecule has 0 radical (unpaired) electrons. The van der Waals surface area contributed by atoms with Crippen molar-refractivity contribution < 1.29 is 9.47 Å². The van der Waals surface area contributed by atoms with Crippen LogP contribution in [-0.4, -0.2) is 58.8 Å². The molecular formula is C23H26N6O2. The molecular weight excluding hydrogens is 392 g/mol. The average molecular weight is 419 g/mol. The van der Waals surface area contributed by atoms with Gasteiger partial charge in [-0.15, -0.1) is 0 Å². The first kappa shape index (κ1) is 20.6. The fourth-order valence-electron chi connectivity index (χ4n) is 3.35.